The van der Waals surface area contributed by atoms with E-state index in [-0.39, 0.29) is 60.5 Å². The highest BCUT2D eigenvalue weighted by molar-refractivity contribution is 5.98. The molecule has 1 aliphatic carbocycles. The third kappa shape index (κ3) is 5.82. The zero-order chi connectivity index (χ0) is 23.5. The SMILES string of the molecule is CC(C)(C)CN(C1CCC1)[C@H](CN)C(=O)Nc1ccc(N2CCOCC2=O)c(C(F)F)c1. The van der Waals surface area contributed by atoms with E-state index >= 15 is 0 Å². The zero-order valence-corrected chi connectivity index (χ0v) is 19.1. The summed E-state index contributed by atoms with van der Waals surface area (Å²) >= 11 is 0. The zero-order valence-electron chi connectivity index (χ0n) is 19.1. The van der Waals surface area contributed by atoms with E-state index in [2.05, 4.69) is 31.0 Å². The Morgan fingerprint density at radius 2 is 2.06 bits per heavy atom. The molecule has 3 rings (SSSR count). The highest BCUT2D eigenvalue weighted by Gasteiger charge is 2.36. The molecule has 2 aliphatic rings. The Morgan fingerprint density at radius 1 is 1.34 bits per heavy atom. The van der Waals surface area contributed by atoms with Crippen molar-refractivity contribution >= 4 is 23.2 Å². The van der Waals surface area contributed by atoms with Gasteiger partial charge in [0.1, 0.15) is 12.6 Å². The summed E-state index contributed by atoms with van der Waals surface area (Å²) in [7, 11) is 0. The maximum Gasteiger partial charge on any atom is 0.265 e. The molecule has 1 saturated heterocycles. The van der Waals surface area contributed by atoms with Gasteiger partial charge in [-0.2, -0.15) is 0 Å². The first kappa shape index (κ1) is 24.5. The van der Waals surface area contributed by atoms with Crippen molar-refractivity contribution in [1.82, 2.24) is 4.90 Å². The number of hydrogen-bond donors (Lipinski definition) is 2. The number of carbonyl (C=O) groups is 2. The molecule has 1 saturated carbocycles. The molecule has 1 heterocycles. The Morgan fingerprint density at radius 3 is 2.59 bits per heavy atom. The molecule has 1 aromatic carbocycles. The van der Waals surface area contributed by atoms with Crippen LogP contribution in [0.2, 0.25) is 0 Å². The van der Waals surface area contributed by atoms with Crippen LogP contribution in [0.4, 0.5) is 20.2 Å². The van der Waals surface area contributed by atoms with Crippen LogP contribution in [0.1, 0.15) is 52.0 Å². The maximum atomic E-state index is 13.8. The summed E-state index contributed by atoms with van der Waals surface area (Å²) in [6.45, 7) is 7.57. The second kappa shape index (κ2) is 10.2. The Hall–Kier alpha value is -2.10. The number of rotatable bonds is 8. The number of halogens is 2. The van der Waals surface area contributed by atoms with E-state index in [0.717, 1.165) is 19.3 Å². The molecule has 178 valence electrons. The van der Waals surface area contributed by atoms with E-state index in [1.54, 1.807) is 6.07 Å². The van der Waals surface area contributed by atoms with Crippen molar-refractivity contribution < 1.29 is 23.1 Å². The van der Waals surface area contributed by atoms with Gasteiger partial charge in [-0.3, -0.25) is 14.5 Å². The highest BCUT2D eigenvalue weighted by Crippen LogP contribution is 2.34. The van der Waals surface area contributed by atoms with Gasteiger partial charge < -0.3 is 20.7 Å². The lowest BCUT2D eigenvalue weighted by atomic mass is 9.86. The van der Waals surface area contributed by atoms with Crippen LogP contribution in [-0.4, -0.2) is 61.6 Å². The van der Waals surface area contributed by atoms with Crippen LogP contribution in [0.15, 0.2) is 18.2 Å². The van der Waals surface area contributed by atoms with Gasteiger partial charge in [0.15, 0.2) is 0 Å². The fraction of sp³-hybridized carbons (Fsp3) is 0.652. The molecular weight excluding hydrogens is 418 g/mol. The average molecular weight is 453 g/mol. The fourth-order valence-electron chi connectivity index (χ4n) is 4.20. The summed E-state index contributed by atoms with van der Waals surface area (Å²) < 4.78 is 32.7. The van der Waals surface area contributed by atoms with Crippen molar-refractivity contribution in [1.29, 1.82) is 0 Å². The second-order valence-corrected chi connectivity index (χ2v) is 9.73. The topological polar surface area (TPSA) is 87.9 Å². The number of ether oxygens (including phenoxy) is 1. The molecule has 32 heavy (non-hydrogen) atoms. The number of nitrogens with one attached hydrogen (secondary N) is 1. The Kier molecular flexibility index (Phi) is 7.84. The van der Waals surface area contributed by atoms with E-state index < -0.39 is 12.5 Å². The maximum absolute atomic E-state index is 13.8. The van der Waals surface area contributed by atoms with Crippen molar-refractivity contribution in [3.63, 3.8) is 0 Å². The third-order valence-corrected chi connectivity index (χ3v) is 5.93. The first-order valence-electron chi connectivity index (χ1n) is 11.2. The average Bonchev–Trinajstić information content (AvgIpc) is 2.66. The van der Waals surface area contributed by atoms with E-state index in [9.17, 15) is 18.4 Å². The Balaban J connectivity index is 1.80. The van der Waals surface area contributed by atoms with E-state index in [1.807, 2.05) is 0 Å². The number of hydrogen-bond acceptors (Lipinski definition) is 5. The molecule has 0 aromatic heterocycles. The number of amides is 2. The van der Waals surface area contributed by atoms with E-state index in [4.69, 9.17) is 10.5 Å². The summed E-state index contributed by atoms with van der Waals surface area (Å²) in [5.41, 5.74) is 6.09. The van der Waals surface area contributed by atoms with Crippen LogP contribution >= 0.6 is 0 Å². The number of morpholine rings is 1. The van der Waals surface area contributed by atoms with Gasteiger partial charge >= 0.3 is 0 Å². The molecule has 3 N–H and O–H groups in total. The number of carbonyl (C=O) groups excluding carboxylic acids is 2. The van der Waals surface area contributed by atoms with Crippen molar-refractivity contribution in [2.75, 3.05) is 43.1 Å². The molecular formula is C23H34F2N4O3. The van der Waals surface area contributed by atoms with Gasteiger partial charge in [-0.1, -0.05) is 27.2 Å². The predicted octanol–water partition coefficient (Wildman–Crippen LogP) is 3.15. The fourth-order valence-corrected chi connectivity index (χ4v) is 4.20. The van der Waals surface area contributed by atoms with Crippen molar-refractivity contribution in [3.05, 3.63) is 23.8 Å². The van der Waals surface area contributed by atoms with Crippen LogP contribution < -0.4 is 16.0 Å². The molecule has 1 aliphatic heterocycles. The Labute approximate surface area is 188 Å². The standard InChI is InChI=1S/C23H34F2N4O3/c1-23(2,3)14-29(16-5-4-6-16)19(12-26)22(31)27-15-7-8-18(17(11-15)21(24)25)28-9-10-32-13-20(28)30/h7-8,11,16,19,21H,4-6,9-10,12-14,26H2,1-3H3,(H,27,31)/t19-/m1/s1. The molecule has 0 unspecified atom stereocenters. The quantitative estimate of drug-likeness (QED) is 0.633. The number of benzene rings is 1. The van der Waals surface area contributed by atoms with Gasteiger partial charge in [-0.15, -0.1) is 0 Å². The molecule has 7 nitrogen and oxygen atoms in total. The summed E-state index contributed by atoms with van der Waals surface area (Å²) in [5, 5.41) is 2.78. The molecule has 1 atom stereocenters. The van der Waals surface area contributed by atoms with Crippen LogP contribution in [0.3, 0.4) is 0 Å². The number of nitrogens with zero attached hydrogens (tertiary/aromatic N) is 2. The molecule has 9 heteroatoms. The minimum atomic E-state index is -2.80. The normalized spacial score (nSPS) is 18.8. The van der Waals surface area contributed by atoms with Gasteiger partial charge in [-0.05, 0) is 36.5 Å². The van der Waals surface area contributed by atoms with Gasteiger partial charge in [0.2, 0.25) is 5.91 Å². The smallest absolute Gasteiger partial charge is 0.265 e. The van der Waals surface area contributed by atoms with Crippen molar-refractivity contribution in [2.45, 2.75) is 58.5 Å². The van der Waals surface area contributed by atoms with Gasteiger partial charge in [0.05, 0.1) is 12.3 Å². The monoisotopic (exact) mass is 452 g/mol. The molecule has 0 spiro atoms. The summed E-state index contributed by atoms with van der Waals surface area (Å²) in [4.78, 5) is 28.7. The highest BCUT2D eigenvalue weighted by atomic mass is 19.3. The summed E-state index contributed by atoms with van der Waals surface area (Å²) in [5.74, 6) is -0.671. The van der Waals surface area contributed by atoms with E-state index in [1.165, 1.54) is 17.0 Å². The molecule has 1 aromatic rings. The van der Waals surface area contributed by atoms with Gasteiger partial charge in [-0.25, -0.2) is 8.78 Å². The van der Waals surface area contributed by atoms with Crippen LogP contribution in [0.25, 0.3) is 0 Å². The molecule has 0 radical (unpaired) electrons. The number of nitrogens with two attached hydrogens (primary N) is 1. The largest absolute Gasteiger partial charge is 0.370 e. The van der Waals surface area contributed by atoms with Crippen LogP contribution in [-0.2, 0) is 14.3 Å². The summed E-state index contributed by atoms with van der Waals surface area (Å²) in [6.07, 6.45) is 0.383. The predicted molar refractivity (Wildman–Crippen MR) is 120 cm³/mol. The van der Waals surface area contributed by atoms with Gasteiger partial charge in [0.25, 0.3) is 12.3 Å². The molecule has 2 fully saturated rings. The lowest BCUT2D eigenvalue weighted by molar-refractivity contribution is -0.126. The van der Waals surface area contributed by atoms with Crippen molar-refractivity contribution in [3.8, 4) is 0 Å². The van der Waals surface area contributed by atoms with Crippen LogP contribution in [0.5, 0.6) is 0 Å². The first-order valence-corrected chi connectivity index (χ1v) is 11.2. The first-order chi connectivity index (χ1) is 15.1. The summed E-state index contributed by atoms with van der Waals surface area (Å²) in [6, 6.07) is 4.00. The molecule has 2 amide bonds. The second-order valence-electron chi connectivity index (χ2n) is 9.73. The van der Waals surface area contributed by atoms with E-state index in [0.29, 0.717) is 12.6 Å². The molecule has 0 bridgehead atoms. The van der Waals surface area contributed by atoms with Crippen molar-refractivity contribution in [2.24, 2.45) is 11.1 Å². The lowest BCUT2D eigenvalue weighted by Crippen LogP contribution is -2.57. The third-order valence-electron chi connectivity index (χ3n) is 5.93. The van der Waals surface area contributed by atoms with Crippen LogP contribution in [0, 0.1) is 5.41 Å². The Bertz CT molecular complexity index is 824. The minimum absolute atomic E-state index is 0.0154. The number of alkyl halides is 2. The minimum Gasteiger partial charge on any atom is -0.370 e. The lowest BCUT2D eigenvalue weighted by Gasteiger charge is -2.44. The number of anilines is 2. The van der Waals surface area contributed by atoms with Gasteiger partial charge in [0, 0.05) is 36.9 Å².